The van der Waals surface area contributed by atoms with Gasteiger partial charge in [0, 0.05) is 13.1 Å². The molecule has 0 aliphatic rings. The Morgan fingerprint density at radius 1 is 1.28 bits per heavy atom. The number of likely N-dealkylation sites (N-methyl/N-ethyl adjacent to an activating group) is 1. The summed E-state index contributed by atoms with van der Waals surface area (Å²) in [6.45, 7) is 9.88. The van der Waals surface area contributed by atoms with Crippen LogP contribution >= 0.6 is 11.3 Å². The second kappa shape index (κ2) is 8.55. The fourth-order valence-electron chi connectivity index (χ4n) is 2.73. The molecule has 0 fully saturated rings. The monoisotopic (exact) mass is 365 g/mol. The van der Waals surface area contributed by atoms with Crippen molar-refractivity contribution in [2.75, 3.05) is 40.3 Å². The van der Waals surface area contributed by atoms with Crippen molar-refractivity contribution in [2.24, 2.45) is 0 Å². The Labute approximate surface area is 152 Å². The highest BCUT2D eigenvalue weighted by molar-refractivity contribution is 7.20. The molecule has 0 aliphatic heterocycles. The van der Waals surface area contributed by atoms with Gasteiger partial charge >= 0.3 is 0 Å². The van der Waals surface area contributed by atoms with Crippen molar-refractivity contribution in [3.63, 3.8) is 0 Å². The van der Waals surface area contributed by atoms with Crippen LogP contribution < -0.4 is 10.9 Å². The van der Waals surface area contributed by atoms with E-state index >= 15 is 0 Å². The lowest BCUT2D eigenvalue weighted by atomic mass is 10.2. The Bertz CT molecular complexity index is 792. The first-order chi connectivity index (χ1) is 11.9. The summed E-state index contributed by atoms with van der Waals surface area (Å²) in [6, 6.07) is 0. The van der Waals surface area contributed by atoms with E-state index in [1.807, 2.05) is 19.0 Å². The maximum Gasteiger partial charge on any atom is 0.261 e. The van der Waals surface area contributed by atoms with Crippen LogP contribution in [0.3, 0.4) is 0 Å². The molecular formula is C17H27N5O2S. The molecule has 0 unspecified atom stereocenters. The minimum atomic E-state index is -0.183. The molecule has 2 aromatic rings. The van der Waals surface area contributed by atoms with Crippen molar-refractivity contribution < 1.29 is 4.79 Å². The van der Waals surface area contributed by atoms with E-state index in [4.69, 9.17) is 0 Å². The molecule has 0 saturated carbocycles. The van der Waals surface area contributed by atoms with Gasteiger partial charge in [-0.2, -0.15) is 0 Å². The Morgan fingerprint density at radius 3 is 2.56 bits per heavy atom. The summed E-state index contributed by atoms with van der Waals surface area (Å²) in [4.78, 5) is 37.6. The highest BCUT2D eigenvalue weighted by Crippen LogP contribution is 2.26. The molecule has 0 bridgehead atoms. The van der Waals surface area contributed by atoms with Gasteiger partial charge in [-0.15, -0.1) is 11.3 Å². The van der Waals surface area contributed by atoms with Crippen LogP contribution in [0, 0.1) is 6.92 Å². The lowest BCUT2D eigenvalue weighted by Crippen LogP contribution is -2.34. The predicted octanol–water partition coefficient (Wildman–Crippen LogP) is 1.43. The van der Waals surface area contributed by atoms with Crippen molar-refractivity contribution in [3.8, 4) is 0 Å². The van der Waals surface area contributed by atoms with Crippen LogP contribution in [0.15, 0.2) is 4.79 Å². The molecule has 0 aliphatic carbocycles. The molecule has 7 nitrogen and oxygen atoms in total. The molecule has 2 aromatic heterocycles. The van der Waals surface area contributed by atoms with Crippen LogP contribution in [0.4, 0.5) is 0 Å². The number of thiophene rings is 1. The van der Waals surface area contributed by atoms with Gasteiger partial charge in [0.05, 0.1) is 16.8 Å². The zero-order valence-corrected chi connectivity index (χ0v) is 16.4. The van der Waals surface area contributed by atoms with Crippen LogP contribution in [-0.4, -0.2) is 65.9 Å². The maximum atomic E-state index is 12.5. The van der Waals surface area contributed by atoms with Crippen LogP contribution in [0.2, 0.25) is 0 Å². The summed E-state index contributed by atoms with van der Waals surface area (Å²) in [6.07, 6.45) is 0. The molecule has 1 amide bonds. The zero-order chi connectivity index (χ0) is 18.6. The number of hydrogen-bond donors (Lipinski definition) is 2. The Kier molecular flexibility index (Phi) is 6.69. The van der Waals surface area contributed by atoms with Gasteiger partial charge in [0.1, 0.15) is 10.7 Å². The second-order valence-corrected chi connectivity index (χ2v) is 7.27. The smallest absolute Gasteiger partial charge is 0.261 e. The zero-order valence-electron chi connectivity index (χ0n) is 15.6. The van der Waals surface area contributed by atoms with Gasteiger partial charge in [-0.25, -0.2) is 4.98 Å². The van der Waals surface area contributed by atoms with Crippen molar-refractivity contribution in [1.82, 2.24) is 25.1 Å². The fourth-order valence-corrected chi connectivity index (χ4v) is 3.84. The van der Waals surface area contributed by atoms with Gasteiger partial charge in [0.25, 0.3) is 11.5 Å². The third-order valence-electron chi connectivity index (χ3n) is 4.13. The minimum Gasteiger partial charge on any atom is -0.350 e. The summed E-state index contributed by atoms with van der Waals surface area (Å²) < 4.78 is 0. The van der Waals surface area contributed by atoms with Gasteiger partial charge in [0.15, 0.2) is 0 Å². The van der Waals surface area contributed by atoms with Gasteiger partial charge in [-0.3, -0.25) is 9.59 Å². The molecular weight excluding hydrogens is 338 g/mol. The summed E-state index contributed by atoms with van der Waals surface area (Å²) in [5.74, 6) is 0.471. The number of aryl methyl sites for hydroxylation is 1. The van der Waals surface area contributed by atoms with Gasteiger partial charge in [-0.05, 0) is 39.7 Å². The minimum absolute atomic E-state index is 0.138. The Morgan fingerprint density at radius 2 is 1.96 bits per heavy atom. The van der Waals surface area contributed by atoms with Gasteiger partial charge in [0.2, 0.25) is 0 Å². The van der Waals surface area contributed by atoms with E-state index in [0.717, 1.165) is 19.6 Å². The van der Waals surface area contributed by atoms with Crippen molar-refractivity contribution in [2.45, 2.75) is 27.3 Å². The summed E-state index contributed by atoms with van der Waals surface area (Å²) >= 11 is 1.28. The van der Waals surface area contributed by atoms with E-state index in [1.165, 1.54) is 11.3 Å². The molecule has 2 rings (SSSR count). The third-order valence-corrected chi connectivity index (χ3v) is 5.31. The standard InChI is InChI=1S/C17H27N5O2S/c1-6-22(7-2)9-8-18-16(24)14-11(3)13-15(23)19-12(10-21(4)5)20-17(13)25-14/h6-10H2,1-5H3,(H,18,24)(H,19,20,23). The lowest BCUT2D eigenvalue weighted by molar-refractivity contribution is 0.0952. The van der Waals surface area contributed by atoms with Crippen LogP contribution in [0.5, 0.6) is 0 Å². The van der Waals surface area contributed by atoms with Gasteiger partial charge < -0.3 is 20.1 Å². The number of aromatic nitrogens is 2. The largest absolute Gasteiger partial charge is 0.350 e. The SMILES string of the molecule is CCN(CC)CCNC(=O)c1sc2nc(CN(C)C)[nH]c(=O)c2c1C. The molecule has 2 N–H and O–H groups in total. The van der Waals surface area contributed by atoms with E-state index in [2.05, 4.69) is 34.0 Å². The second-order valence-electron chi connectivity index (χ2n) is 6.27. The van der Waals surface area contributed by atoms with Gasteiger partial charge in [-0.1, -0.05) is 13.8 Å². The molecule has 8 heteroatoms. The number of aromatic amines is 1. The van der Waals surface area contributed by atoms with Crippen LogP contribution in [0.25, 0.3) is 10.2 Å². The Hall–Kier alpha value is -1.77. The highest BCUT2D eigenvalue weighted by atomic mass is 32.1. The first-order valence-corrected chi connectivity index (χ1v) is 9.36. The van der Waals surface area contributed by atoms with Crippen molar-refractivity contribution >= 4 is 27.5 Å². The molecule has 0 saturated heterocycles. The Balaban J connectivity index is 2.21. The molecule has 0 atom stereocenters. The first-order valence-electron chi connectivity index (χ1n) is 8.54. The molecule has 0 aromatic carbocycles. The average Bonchev–Trinajstić information content (AvgIpc) is 2.88. The predicted molar refractivity (Wildman–Crippen MR) is 102 cm³/mol. The summed E-state index contributed by atoms with van der Waals surface area (Å²) in [5, 5.41) is 3.46. The average molecular weight is 366 g/mol. The maximum absolute atomic E-state index is 12.5. The quantitative estimate of drug-likeness (QED) is 0.740. The number of hydrogen-bond acceptors (Lipinski definition) is 6. The molecule has 2 heterocycles. The van der Waals surface area contributed by atoms with Crippen molar-refractivity contribution in [3.05, 3.63) is 26.6 Å². The number of H-pyrrole nitrogens is 1. The highest BCUT2D eigenvalue weighted by Gasteiger charge is 2.19. The van der Waals surface area contributed by atoms with E-state index in [1.54, 1.807) is 6.92 Å². The van der Waals surface area contributed by atoms with E-state index < -0.39 is 0 Å². The topological polar surface area (TPSA) is 81.3 Å². The van der Waals surface area contributed by atoms with E-state index in [-0.39, 0.29) is 11.5 Å². The number of nitrogens with one attached hydrogen (secondary N) is 2. The van der Waals surface area contributed by atoms with Crippen molar-refractivity contribution in [1.29, 1.82) is 0 Å². The van der Waals surface area contributed by atoms with E-state index in [9.17, 15) is 9.59 Å². The van der Waals surface area contributed by atoms with Crippen LogP contribution in [0.1, 0.15) is 34.9 Å². The van der Waals surface area contributed by atoms with Crippen LogP contribution in [-0.2, 0) is 6.54 Å². The van der Waals surface area contributed by atoms with E-state index in [0.29, 0.717) is 39.6 Å². The molecule has 0 spiro atoms. The first kappa shape index (κ1) is 19.6. The molecule has 138 valence electrons. The normalized spacial score (nSPS) is 11.6. The summed E-state index contributed by atoms with van der Waals surface area (Å²) in [7, 11) is 3.83. The third kappa shape index (κ3) is 4.65. The number of amides is 1. The number of nitrogens with zero attached hydrogens (tertiary/aromatic N) is 3. The number of rotatable bonds is 8. The number of carbonyl (C=O) groups excluding carboxylic acids is 1. The molecule has 25 heavy (non-hydrogen) atoms. The fraction of sp³-hybridized carbons (Fsp3) is 0.588. The number of carbonyl (C=O) groups is 1. The molecule has 0 radical (unpaired) electrons. The summed E-state index contributed by atoms with van der Waals surface area (Å²) in [5.41, 5.74) is 0.517. The number of fused-ring (bicyclic) bond motifs is 1. The lowest BCUT2D eigenvalue weighted by Gasteiger charge is -2.17.